The van der Waals surface area contributed by atoms with E-state index in [-0.39, 0.29) is 0 Å². The summed E-state index contributed by atoms with van der Waals surface area (Å²) in [7, 11) is 1.33. The monoisotopic (exact) mass is 271 g/mol. The molecule has 0 saturated carbocycles. The number of nitrogens with zero attached hydrogens (tertiary/aromatic N) is 1. The van der Waals surface area contributed by atoms with Gasteiger partial charge in [0.05, 0.1) is 19.0 Å². The zero-order valence-electron chi connectivity index (χ0n) is 11.5. The van der Waals surface area contributed by atoms with Crippen LogP contribution in [0.25, 0.3) is 0 Å². The van der Waals surface area contributed by atoms with Crippen molar-refractivity contribution in [2.75, 3.05) is 18.2 Å². The summed E-state index contributed by atoms with van der Waals surface area (Å²) in [6.45, 7) is 2.08. The Balaban J connectivity index is 2.35. The second-order valence-electron chi connectivity index (χ2n) is 4.34. The highest BCUT2D eigenvalue weighted by Gasteiger charge is 2.14. The number of aryl methyl sites for hydroxylation is 1. The number of carbonyl (C=O) groups is 1. The number of nitrogens with one attached hydrogen (secondary N) is 1. The third-order valence-electron chi connectivity index (χ3n) is 2.91. The number of hydrogen-bond donors (Lipinski definition) is 2. The topological polar surface area (TPSA) is 77.2 Å². The molecule has 2 aromatic rings. The molecule has 0 saturated heterocycles. The summed E-state index contributed by atoms with van der Waals surface area (Å²) in [5, 5.41) is 3.12. The summed E-state index contributed by atoms with van der Waals surface area (Å²) in [4.78, 5) is 15.9. The van der Waals surface area contributed by atoms with Crippen molar-refractivity contribution >= 4 is 23.2 Å². The number of carbonyl (C=O) groups excluding carboxylic acids is 1. The third kappa shape index (κ3) is 3.06. The lowest BCUT2D eigenvalue weighted by Crippen LogP contribution is -2.08. The molecule has 3 N–H and O–H groups in total. The Morgan fingerprint density at radius 2 is 2.20 bits per heavy atom. The van der Waals surface area contributed by atoms with Crippen LogP contribution in [0.2, 0.25) is 0 Å². The van der Waals surface area contributed by atoms with E-state index in [0.29, 0.717) is 17.1 Å². The number of hydrogen-bond acceptors (Lipinski definition) is 5. The van der Waals surface area contributed by atoms with Gasteiger partial charge in [0, 0.05) is 5.69 Å². The molecule has 0 bridgehead atoms. The summed E-state index contributed by atoms with van der Waals surface area (Å²) < 4.78 is 4.74. The van der Waals surface area contributed by atoms with Crippen molar-refractivity contribution < 1.29 is 9.53 Å². The van der Waals surface area contributed by atoms with Gasteiger partial charge in [0.25, 0.3) is 0 Å². The van der Waals surface area contributed by atoms with Gasteiger partial charge in [-0.15, -0.1) is 0 Å². The Hall–Kier alpha value is -2.56. The predicted molar refractivity (Wildman–Crippen MR) is 79.1 cm³/mol. The van der Waals surface area contributed by atoms with Gasteiger partial charge in [-0.1, -0.05) is 19.1 Å². The third-order valence-corrected chi connectivity index (χ3v) is 2.91. The second kappa shape index (κ2) is 6.06. The molecular weight excluding hydrogens is 254 g/mol. The van der Waals surface area contributed by atoms with E-state index >= 15 is 0 Å². The predicted octanol–water partition coefficient (Wildman–Crippen LogP) is 2.76. The first-order chi connectivity index (χ1) is 9.63. The molecule has 20 heavy (non-hydrogen) atoms. The largest absolute Gasteiger partial charge is 0.465 e. The van der Waals surface area contributed by atoms with Gasteiger partial charge in [0.2, 0.25) is 0 Å². The number of aromatic nitrogens is 1. The Kier molecular flexibility index (Phi) is 4.20. The molecule has 5 heteroatoms. The van der Waals surface area contributed by atoms with Crippen LogP contribution in [0, 0.1) is 0 Å². The SMILES string of the molecule is CCc1cccc(Nc2ncc(N)cc2C(=O)OC)c1. The van der Waals surface area contributed by atoms with E-state index in [1.165, 1.54) is 18.9 Å². The fourth-order valence-corrected chi connectivity index (χ4v) is 1.85. The van der Waals surface area contributed by atoms with Gasteiger partial charge in [-0.3, -0.25) is 0 Å². The van der Waals surface area contributed by atoms with Crippen LogP contribution in [0.3, 0.4) is 0 Å². The van der Waals surface area contributed by atoms with Crippen molar-refractivity contribution in [3.63, 3.8) is 0 Å². The normalized spacial score (nSPS) is 10.1. The number of anilines is 3. The molecule has 104 valence electrons. The fraction of sp³-hybridized carbons (Fsp3) is 0.200. The maximum atomic E-state index is 11.7. The van der Waals surface area contributed by atoms with Crippen LogP contribution in [0.5, 0.6) is 0 Å². The van der Waals surface area contributed by atoms with Gasteiger partial charge in [-0.05, 0) is 30.2 Å². The Morgan fingerprint density at radius 3 is 2.90 bits per heavy atom. The molecule has 1 aromatic heterocycles. The van der Waals surface area contributed by atoms with Crippen molar-refractivity contribution in [2.45, 2.75) is 13.3 Å². The van der Waals surface area contributed by atoms with E-state index in [1.54, 1.807) is 6.07 Å². The van der Waals surface area contributed by atoms with E-state index in [4.69, 9.17) is 10.5 Å². The summed E-state index contributed by atoms with van der Waals surface area (Å²) in [6.07, 6.45) is 2.44. The summed E-state index contributed by atoms with van der Waals surface area (Å²) >= 11 is 0. The van der Waals surface area contributed by atoms with Crippen molar-refractivity contribution in [3.05, 3.63) is 47.7 Å². The molecule has 5 nitrogen and oxygen atoms in total. The van der Waals surface area contributed by atoms with Gasteiger partial charge in [0.1, 0.15) is 11.4 Å². The smallest absolute Gasteiger partial charge is 0.341 e. The molecule has 0 aliphatic carbocycles. The second-order valence-corrected chi connectivity index (χ2v) is 4.34. The molecule has 0 aliphatic rings. The minimum Gasteiger partial charge on any atom is -0.465 e. The molecule has 0 spiro atoms. The zero-order valence-corrected chi connectivity index (χ0v) is 11.5. The lowest BCUT2D eigenvalue weighted by atomic mass is 10.1. The van der Waals surface area contributed by atoms with Crippen LogP contribution < -0.4 is 11.1 Å². The van der Waals surface area contributed by atoms with Crippen molar-refractivity contribution in [3.8, 4) is 0 Å². The van der Waals surface area contributed by atoms with Gasteiger partial charge in [0.15, 0.2) is 0 Å². The molecule has 1 aromatic carbocycles. The van der Waals surface area contributed by atoms with Crippen LogP contribution in [0.4, 0.5) is 17.2 Å². The van der Waals surface area contributed by atoms with Crippen LogP contribution >= 0.6 is 0 Å². The fourth-order valence-electron chi connectivity index (χ4n) is 1.85. The number of pyridine rings is 1. The molecule has 0 atom stereocenters. The quantitative estimate of drug-likeness (QED) is 0.836. The van der Waals surface area contributed by atoms with E-state index < -0.39 is 5.97 Å². The van der Waals surface area contributed by atoms with Gasteiger partial charge in [-0.2, -0.15) is 0 Å². The highest BCUT2D eigenvalue weighted by Crippen LogP contribution is 2.22. The average Bonchev–Trinajstić information content (AvgIpc) is 2.48. The average molecular weight is 271 g/mol. The van der Waals surface area contributed by atoms with Crippen molar-refractivity contribution in [2.24, 2.45) is 0 Å². The van der Waals surface area contributed by atoms with Gasteiger partial charge in [-0.25, -0.2) is 9.78 Å². The Morgan fingerprint density at radius 1 is 1.40 bits per heavy atom. The molecule has 0 fully saturated rings. The lowest BCUT2D eigenvalue weighted by Gasteiger charge is -2.11. The Labute approximate surface area is 117 Å². The molecule has 2 rings (SSSR count). The Bertz CT molecular complexity index is 626. The zero-order chi connectivity index (χ0) is 14.5. The first-order valence-electron chi connectivity index (χ1n) is 6.34. The first-order valence-corrected chi connectivity index (χ1v) is 6.34. The highest BCUT2D eigenvalue weighted by molar-refractivity contribution is 5.96. The highest BCUT2D eigenvalue weighted by atomic mass is 16.5. The molecule has 0 aliphatic heterocycles. The van der Waals surface area contributed by atoms with Crippen LogP contribution in [0.1, 0.15) is 22.8 Å². The van der Waals surface area contributed by atoms with Crippen LogP contribution in [-0.2, 0) is 11.2 Å². The van der Waals surface area contributed by atoms with E-state index in [0.717, 1.165) is 12.1 Å². The van der Waals surface area contributed by atoms with Gasteiger partial charge >= 0.3 is 5.97 Å². The maximum absolute atomic E-state index is 11.7. The lowest BCUT2D eigenvalue weighted by molar-refractivity contribution is 0.0601. The van der Waals surface area contributed by atoms with Crippen LogP contribution in [-0.4, -0.2) is 18.1 Å². The summed E-state index contributed by atoms with van der Waals surface area (Å²) in [5.74, 6) is -0.0433. The number of rotatable bonds is 4. The number of benzene rings is 1. The van der Waals surface area contributed by atoms with Gasteiger partial charge < -0.3 is 15.8 Å². The standard InChI is InChI=1S/C15H17N3O2/c1-3-10-5-4-6-12(7-10)18-14-13(15(19)20-2)8-11(16)9-17-14/h4-9H,3,16H2,1-2H3,(H,17,18). The first kappa shape index (κ1) is 13.9. The van der Waals surface area contributed by atoms with E-state index in [1.807, 2.05) is 24.3 Å². The number of nitrogen functional groups attached to an aromatic ring is 1. The number of esters is 1. The molecule has 1 heterocycles. The van der Waals surface area contributed by atoms with Crippen LogP contribution in [0.15, 0.2) is 36.5 Å². The molecule has 0 unspecified atom stereocenters. The summed E-state index contributed by atoms with van der Waals surface area (Å²) in [5.41, 5.74) is 8.46. The minimum absolute atomic E-state index is 0.314. The summed E-state index contributed by atoms with van der Waals surface area (Å²) in [6, 6.07) is 9.47. The van der Waals surface area contributed by atoms with Crippen molar-refractivity contribution in [1.82, 2.24) is 4.98 Å². The van der Waals surface area contributed by atoms with E-state index in [9.17, 15) is 4.79 Å². The minimum atomic E-state index is -0.473. The molecule has 0 radical (unpaired) electrons. The number of methoxy groups -OCH3 is 1. The molecular formula is C15H17N3O2. The van der Waals surface area contributed by atoms with Crippen molar-refractivity contribution in [1.29, 1.82) is 0 Å². The number of ether oxygens (including phenoxy) is 1. The van der Waals surface area contributed by atoms with E-state index in [2.05, 4.69) is 17.2 Å². The maximum Gasteiger partial charge on any atom is 0.341 e. The molecule has 0 amide bonds. The number of nitrogens with two attached hydrogens (primary N) is 1.